The minimum Gasteiger partial charge on any atom is -0.345 e. The average molecular weight is 203 g/mol. The summed E-state index contributed by atoms with van der Waals surface area (Å²) in [6, 6.07) is -0.475. The molecule has 0 saturated carbocycles. The number of carbonyl (C=O) groups is 1. The van der Waals surface area contributed by atoms with E-state index in [0.29, 0.717) is 5.82 Å². The molecule has 0 saturated heterocycles. The Morgan fingerprint density at radius 1 is 1.77 bits per heavy atom. The first-order valence-electron chi connectivity index (χ1n) is 3.80. The van der Waals surface area contributed by atoms with Crippen LogP contribution in [0.4, 0.5) is 4.39 Å². The number of carbonyl (C=O) groups excluding carboxylic acids is 1. The fourth-order valence-electron chi connectivity index (χ4n) is 0.713. The summed E-state index contributed by atoms with van der Waals surface area (Å²) in [6.45, 7) is 2.71. The minimum absolute atomic E-state index is 0.276. The minimum atomic E-state index is -0.580. The standard InChI is InChI=1S/C7H10FN3OS/c1-4(3-8)9-6(12)7-10-5(2)11-13-7/h4H,3H2,1-2H3,(H,9,12)/t4-/m0/s1. The van der Waals surface area contributed by atoms with Crippen molar-refractivity contribution in [1.29, 1.82) is 0 Å². The highest BCUT2D eigenvalue weighted by Crippen LogP contribution is 2.03. The zero-order chi connectivity index (χ0) is 9.84. The van der Waals surface area contributed by atoms with Crippen LogP contribution >= 0.6 is 11.5 Å². The fourth-order valence-corrected chi connectivity index (χ4v) is 1.29. The second-order valence-electron chi connectivity index (χ2n) is 2.68. The first-order valence-corrected chi connectivity index (χ1v) is 4.58. The number of halogens is 1. The molecule has 1 atom stereocenters. The van der Waals surface area contributed by atoms with Gasteiger partial charge in [0, 0.05) is 0 Å². The highest BCUT2D eigenvalue weighted by atomic mass is 32.1. The second kappa shape index (κ2) is 4.27. The SMILES string of the molecule is Cc1nsc(C(=O)N[C@@H](C)CF)n1. The van der Waals surface area contributed by atoms with Gasteiger partial charge in [-0.3, -0.25) is 4.79 Å². The van der Waals surface area contributed by atoms with Crippen LogP contribution in [-0.4, -0.2) is 28.0 Å². The maximum Gasteiger partial charge on any atom is 0.282 e. The molecule has 1 rings (SSSR count). The van der Waals surface area contributed by atoms with Crippen LogP contribution in [0, 0.1) is 6.92 Å². The Morgan fingerprint density at radius 2 is 2.46 bits per heavy atom. The Kier molecular flexibility index (Phi) is 3.30. The third kappa shape index (κ3) is 2.73. The van der Waals surface area contributed by atoms with Gasteiger partial charge in [-0.05, 0) is 25.4 Å². The molecule has 0 unspecified atom stereocenters. The predicted molar refractivity (Wildman–Crippen MR) is 47.5 cm³/mol. The molecule has 4 nitrogen and oxygen atoms in total. The van der Waals surface area contributed by atoms with Crippen molar-refractivity contribution in [3.63, 3.8) is 0 Å². The number of aromatic nitrogens is 2. The topological polar surface area (TPSA) is 54.9 Å². The molecule has 0 spiro atoms. The number of amides is 1. The van der Waals surface area contributed by atoms with Gasteiger partial charge in [0.2, 0.25) is 5.01 Å². The smallest absolute Gasteiger partial charge is 0.282 e. The van der Waals surface area contributed by atoms with Crippen molar-refractivity contribution in [2.45, 2.75) is 19.9 Å². The van der Waals surface area contributed by atoms with E-state index >= 15 is 0 Å². The summed E-state index contributed by atoms with van der Waals surface area (Å²) in [5.41, 5.74) is 0. The first-order chi connectivity index (χ1) is 6.13. The van der Waals surface area contributed by atoms with Gasteiger partial charge in [0.05, 0.1) is 6.04 Å². The molecular weight excluding hydrogens is 193 g/mol. The average Bonchev–Trinajstić information content (AvgIpc) is 2.51. The Balaban J connectivity index is 2.58. The molecule has 1 heterocycles. The van der Waals surface area contributed by atoms with Crippen molar-refractivity contribution in [3.05, 3.63) is 10.8 Å². The normalized spacial score (nSPS) is 12.5. The van der Waals surface area contributed by atoms with Crippen LogP contribution in [0.5, 0.6) is 0 Å². The zero-order valence-corrected chi connectivity index (χ0v) is 8.19. The number of rotatable bonds is 3. The van der Waals surface area contributed by atoms with Crippen LogP contribution in [0.15, 0.2) is 0 Å². The summed E-state index contributed by atoms with van der Waals surface area (Å²) in [4.78, 5) is 15.1. The molecule has 1 amide bonds. The molecule has 0 bridgehead atoms. The number of hydrogen-bond donors (Lipinski definition) is 1. The van der Waals surface area contributed by atoms with Crippen LogP contribution in [0.2, 0.25) is 0 Å². The van der Waals surface area contributed by atoms with Gasteiger partial charge in [-0.1, -0.05) is 0 Å². The zero-order valence-electron chi connectivity index (χ0n) is 7.37. The van der Waals surface area contributed by atoms with Crippen molar-refractivity contribution in [1.82, 2.24) is 14.7 Å². The van der Waals surface area contributed by atoms with Crippen molar-refractivity contribution in [3.8, 4) is 0 Å². The highest BCUT2D eigenvalue weighted by Gasteiger charge is 2.13. The van der Waals surface area contributed by atoms with Gasteiger partial charge in [-0.2, -0.15) is 4.37 Å². The summed E-state index contributed by atoms with van der Waals surface area (Å²) in [5.74, 6) is 0.193. The Labute approximate surface area is 79.4 Å². The Hall–Kier alpha value is -1.04. The van der Waals surface area contributed by atoms with E-state index in [9.17, 15) is 9.18 Å². The van der Waals surface area contributed by atoms with Gasteiger partial charge in [-0.15, -0.1) is 0 Å². The molecular formula is C7H10FN3OS. The summed E-state index contributed by atoms with van der Waals surface area (Å²) in [7, 11) is 0. The molecule has 6 heteroatoms. The van der Waals surface area contributed by atoms with Crippen LogP contribution in [0.25, 0.3) is 0 Å². The Bertz CT molecular complexity index is 302. The van der Waals surface area contributed by atoms with Crippen LogP contribution in [0.3, 0.4) is 0 Å². The number of alkyl halides is 1. The molecule has 0 aliphatic carbocycles. The van der Waals surface area contributed by atoms with E-state index in [4.69, 9.17) is 0 Å². The van der Waals surface area contributed by atoms with Gasteiger partial charge >= 0.3 is 0 Å². The van der Waals surface area contributed by atoms with E-state index in [1.165, 1.54) is 0 Å². The third-order valence-electron chi connectivity index (χ3n) is 1.33. The van der Waals surface area contributed by atoms with E-state index in [0.717, 1.165) is 11.5 Å². The van der Waals surface area contributed by atoms with E-state index in [-0.39, 0.29) is 10.9 Å². The first kappa shape index (κ1) is 10.0. The summed E-state index contributed by atoms with van der Waals surface area (Å²) >= 11 is 1.01. The molecule has 0 aliphatic rings. The van der Waals surface area contributed by atoms with E-state index in [1.807, 2.05) is 0 Å². The van der Waals surface area contributed by atoms with E-state index in [1.54, 1.807) is 13.8 Å². The van der Waals surface area contributed by atoms with Crippen molar-refractivity contribution >= 4 is 17.4 Å². The third-order valence-corrected chi connectivity index (χ3v) is 2.14. The lowest BCUT2D eigenvalue weighted by Crippen LogP contribution is -2.33. The maximum atomic E-state index is 12.0. The molecule has 13 heavy (non-hydrogen) atoms. The second-order valence-corrected chi connectivity index (χ2v) is 3.43. The largest absolute Gasteiger partial charge is 0.345 e. The maximum absolute atomic E-state index is 12.0. The summed E-state index contributed by atoms with van der Waals surface area (Å²) in [5, 5.41) is 2.73. The quantitative estimate of drug-likeness (QED) is 0.795. The van der Waals surface area contributed by atoms with Gasteiger partial charge in [0.15, 0.2) is 0 Å². The van der Waals surface area contributed by atoms with Gasteiger partial charge < -0.3 is 5.32 Å². The highest BCUT2D eigenvalue weighted by molar-refractivity contribution is 7.07. The Morgan fingerprint density at radius 3 is 2.92 bits per heavy atom. The number of nitrogens with one attached hydrogen (secondary N) is 1. The molecule has 1 aromatic heterocycles. The van der Waals surface area contributed by atoms with Crippen molar-refractivity contribution in [2.24, 2.45) is 0 Å². The fraction of sp³-hybridized carbons (Fsp3) is 0.571. The monoisotopic (exact) mass is 203 g/mol. The predicted octanol–water partition coefficient (Wildman–Crippen LogP) is 0.934. The number of hydrogen-bond acceptors (Lipinski definition) is 4. The molecule has 72 valence electrons. The molecule has 0 aromatic carbocycles. The van der Waals surface area contributed by atoms with Crippen LogP contribution in [0.1, 0.15) is 22.6 Å². The molecule has 1 N–H and O–H groups in total. The summed E-state index contributed by atoms with van der Waals surface area (Å²) in [6.07, 6.45) is 0. The molecule has 0 radical (unpaired) electrons. The van der Waals surface area contributed by atoms with E-state index < -0.39 is 12.7 Å². The van der Waals surface area contributed by atoms with Crippen molar-refractivity contribution < 1.29 is 9.18 Å². The van der Waals surface area contributed by atoms with Gasteiger partial charge in [0.1, 0.15) is 12.5 Å². The van der Waals surface area contributed by atoms with Crippen molar-refractivity contribution in [2.75, 3.05) is 6.67 Å². The lowest BCUT2D eigenvalue weighted by atomic mass is 10.4. The molecule has 0 fully saturated rings. The van der Waals surface area contributed by atoms with E-state index in [2.05, 4.69) is 14.7 Å². The number of aryl methyl sites for hydroxylation is 1. The van der Waals surface area contributed by atoms with Gasteiger partial charge in [0.25, 0.3) is 5.91 Å². The van der Waals surface area contributed by atoms with Crippen LogP contribution in [-0.2, 0) is 0 Å². The lowest BCUT2D eigenvalue weighted by Gasteiger charge is -2.06. The van der Waals surface area contributed by atoms with Gasteiger partial charge in [-0.25, -0.2) is 9.37 Å². The molecule has 1 aromatic rings. The molecule has 0 aliphatic heterocycles. The lowest BCUT2D eigenvalue weighted by molar-refractivity contribution is 0.0933. The summed E-state index contributed by atoms with van der Waals surface area (Å²) < 4.78 is 15.9. The van der Waals surface area contributed by atoms with Crippen LogP contribution < -0.4 is 5.32 Å². The number of nitrogens with zero attached hydrogens (tertiary/aromatic N) is 2.